The molecular weight excluding hydrogens is 266 g/mol. The molecule has 0 saturated heterocycles. The fourth-order valence-electron chi connectivity index (χ4n) is 1.76. The first-order valence-electron chi connectivity index (χ1n) is 5.97. The van der Waals surface area contributed by atoms with Crippen LogP contribution in [0.3, 0.4) is 0 Å². The molecule has 0 aliphatic rings. The van der Waals surface area contributed by atoms with E-state index in [4.69, 9.17) is 9.15 Å². The van der Waals surface area contributed by atoms with Crippen molar-refractivity contribution in [2.24, 2.45) is 0 Å². The van der Waals surface area contributed by atoms with Crippen LogP contribution in [-0.4, -0.2) is 32.1 Å². The first kappa shape index (κ1) is 15.5. The minimum absolute atomic E-state index is 0. The lowest BCUT2D eigenvalue weighted by molar-refractivity contribution is 0.282. The fourth-order valence-corrected chi connectivity index (χ4v) is 1.76. The predicted molar refractivity (Wildman–Crippen MR) is 78.4 cm³/mol. The summed E-state index contributed by atoms with van der Waals surface area (Å²) >= 11 is 0. The molecule has 0 amide bonds. The first-order valence-corrected chi connectivity index (χ1v) is 5.97. The van der Waals surface area contributed by atoms with E-state index in [1.54, 1.807) is 6.07 Å². The van der Waals surface area contributed by atoms with Crippen LogP contribution in [0, 0.1) is 0 Å². The Morgan fingerprint density at radius 1 is 1.26 bits per heavy atom. The molecular formula is C14H18ClNO3. The smallest absolute Gasteiger partial charge is 0.339 e. The van der Waals surface area contributed by atoms with Gasteiger partial charge in [0.05, 0.1) is 18.1 Å². The fraction of sp³-hybridized carbons (Fsp3) is 0.357. The van der Waals surface area contributed by atoms with Crippen molar-refractivity contribution < 1.29 is 9.15 Å². The zero-order valence-electron chi connectivity index (χ0n) is 11.1. The number of nitrogens with zero attached hydrogens (tertiary/aromatic N) is 1. The second kappa shape index (κ2) is 7.16. The minimum Gasteiger partial charge on any atom is -0.492 e. The standard InChI is InChI=1S/C14H17NO3.ClH/c1-15(2)8-5-9-17-13-10-14(16)18-12-7-4-3-6-11(12)13;/h3-4,6-7,10H,5,8-9H2,1-2H3;1H. The number of ether oxygens (including phenoxy) is 1. The van der Waals surface area contributed by atoms with Gasteiger partial charge in [-0.3, -0.25) is 0 Å². The van der Waals surface area contributed by atoms with Crippen LogP contribution in [0.1, 0.15) is 6.42 Å². The van der Waals surface area contributed by atoms with Gasteiger partial charge in [-0.2, -0.15) is 0 Å². The summed E-state index contributed by atoms with van der Waals surface area (Å²) in [6.45, 7) is 1.55. The van der Waals surface area contributed by atoms with Crippen LogP contribution in [0.5, 0.6) is 5.75 Å². The molecule has 104 valence electrons. The van der Waals surface area contributed by atoms with Gasteiger partial charge in [0, 0.05) is 6.54 Å². The quantitative estimate of drug-likeness (QED) is 0.625. The summed E-state index contributed by atoms with van der Waals surface area (Å²) in [6, 6.07) is 8.79. The number of hydrogen-bond acceptors (Lipinski definition) is 4. The second-order valence-electron chi connectivity index (χ2n) is 4.43. The Labute approximate surface area is 118 Å². The largest absolute Gasteiger partial charge is 0.492 e. The van der Waals surface area contributed by atoms with Crippen LogP contribution >= 0.6 is 12.4 Å². The molecule has 0 fully saturated rings. The summed E-state index contributed by atoms with van der Waals surface area (Å²) in [5.41, 5.74) is 0.184. The summed E-state index contributed by atoms with van der Waals surface area (Å²) < 4.78 is 10.8. The third kappa shape index (κ3) is 4.26. The predicted octanol–water partition coefficient (Wildman–Crippen LogP) is 2.55. The average Bonchev–Trinajstić information content (AvgIpc) is 2.34. The Kier molecular flexibility index (Phi) is 5.86. The molecule has 2 rings (SSSR count). The molecule has 0 N–H and O–H groups in total. The van der Waals surface area contributed by atoms with Gasteiger partial charge in [-0.15, -0.1) is 12.4 Å². The van der Waals surface area contributed by atoms with Crippen molar-refractivity contribution in [3.05, 3.63) is 40.8 Å². The van der Waals surface area contributed by atoms with Crippen molar-refractivity contribution in [1.29, 1.82) is 0 Å². The van der Waals surface area contributed by atoms with Crippen LogP contribution in [-0.2, 0) is 0 Å². The molecule has 0 spiro atoms. The maximum absolute atomic E-state index is 11.4. The summed E-state index contributed by atoms with van der Waals surface area (Å²) in [6.07, 6.45) is 0.918. The molecule has 1 aromatic heterocycles. The van der Waals surface area contributed by atoms with Crippen molar-refractivity contribution in [1.82, 2.24) is 4.90 Å². The Morgan fingerprint density at radius 2 is 2.00 bits per heavy atom. The number of fused-ring (bicyclic) bond motifs is 1. The van der Waals surface area contributed by atoms with Gasteiger partial charge in [-0.25, -0.2) is 4.79 Å². The van der Waals surface area contributed by atoms with Crippen molar-refractivity contribution >= 4 is 23.4 Å². The second-order valence-corrected chi connectivity index (χ2v) is 4.43. The topological polar surface area (TPSA) is 42.7 Å². The van der Waals surface area contributed by atoms with Gasteiger partial charge in [-0.05, 0) is 32.6 Å². The molecule has 0 bridgehead atoms. The lowest BCUT2D eigenvalue weighted by Gasteiger charge is -2.11. The minimum atomic E-state index is -0.378. The van der Waals surface area contributed by atoms with E-state index in [1.807, 2.05) is 32.3 Å². The molecule has 19 heavy (non-hydrogen) atoms. The maximum Gasteiger partial charge on any atom is 0.339 e. The van der Waals surface area contributed by atoms with Crippen molar-refractivity contribution in [3.8, 4) is 5.75 Å². The van der Waals surface area contributed by atoms with Crippen LogP contribution in [0.25, 0.3) is 11.0 Å². The van der Waals surface area contributed by atoms with E-state index in [-0.39, 0.29) is 18.0 Å². The zero-order valence-corrected chi connectivity index (χ0v) is 11.9. The van der Waals surface area contributed by atoms with Crippen molar-refractivity contribution in [3.63, 3.8) is 0 Å². The maximum atomic E-state index is 11.4. The van der Waals surface area contributed by atoms with Crippen LogP contribution < -0.4 is 10.4 Å². The number of halogens is 1. The van der Waals surface area contributed by atoms with Gasteiger partial charge in [-0.1, -0.05) is 12.1 Å². The molecule has 5 heteroatoms. The zero-order chi connectivity index (χ0) is 13.0. The highest BCUT2D eigenvalue weighted by atomic mass is 35.5. The lowest BCUT2D eigenvalue weighted by atomic mass is 10.2. The van der Waals surface area contributed by atoms with E-state index in [0.717, 1.165) is 18.4 Å². The van der Waals surface area contributed by atoms with Crippen LogP contribution in [0.2, 0.25) is 0 Å². The van der Waals surface area contributed by atoms with Crippen LogP contribution in [0.4, 0.5) is 0 Å². The van der Waals surface area contributed by atoms with E-state index < -0.39 is 0 Å². The Balaban J connectivity index is 0.00000180. The molecule has 0 radical (unpaired) electrons. The van der Waals surface area contributed by atoms with Crippen molar-refractivity contribution in [2.75, 3.05) is 27.2 Å². The van der Waals surface area contributed by atoms with E-state index in [0.29, 0.717) is 17.9 Å². The van der Waals surface area contributed by atoms with Crippen molar-refractivity contribution in [2.45, 2.75) is 6.42 Å². The van der Waals surface area contributed by atoms with Gasteiger partial charge >= 0.3 is 5.63 Å². The molecule has 0 aliphatic heterocycles. The number of benzene rings is 1. The monoisotopic (exact) mass is 283 g/mol. The molecule has 0 aliphatic carbocycles. The lowest BCUT2D eigenvalue weighted by Crippen LogP contribution is -2.15. The summed E-state index contributed by atoms with van der Waals surface area (Å²) in [4.78, 5) is 13.5. The first-order chi connectivity index (χ1) is 8.66. The average molecular weight is 284 g/mol. The Morgan fingerprint density at radius 3 is 2.74 bits per heavy atom. The van der Waals surface area contributed by atoms with Gasteiger partial charge < -0.3 is 14.1 Å². The highest BCUT2D eigenvalue weighted by Gasteiger charge is 2.05. The molecule has 2 aromatic rings. The normalized spacial score (nSPS) is 10.5. The molecule has 0 atom stereocenters. The molecule has 1 heterocycles. The van der Waals surface area contributed by atoms with E-state index >= 15 is 0 Å². The number of rotatable bonds is 5. The molecule has 1 aromatic carbocycles. The highest BCUT2D eigenvalue weighted by molar-refractivity contribution is 5.85. The molecule has 0 unspecified atom stereocenters. The molecule has 4 nitrogen and oxygen atoms in total. The Hall–Kier alpha value is -1.52. The molecule has 0 saturated carbocycles. The van der Waals surface area contributed by atoms with Crippen LogP contribution in [0.15, 0.2) is 39.5 Å². The SMILES string of the molecule is CN(C)CCCOc1cc(=O)oc2ccccc12.Cl. The number of para-hydroxylation sites is 1. The van der Waals surface area contributed by atoms with Gasteiger partial charge in [0.15, 0.2) is 0 Å². The number of hydrogen-bond donors (Lipinski definition) is 0. The van der Waals surface area contributed by atoms with E-state index in [2.05, 4.69) is 4.90 Å². The summed E-state index contributed by atoms with van der Waals surface area (Å²) in [7, 11) is 4.04. The highest BCUT2D eigenvalue weighted by Crippen LogP contribution is 2.23. The van der Waals surface area contributed by atoms with Gasteiger partial charge in [0.2, 0.25) is 0 Å². The van der Waals surface area contributed by atoms with Gasteiger partial charge in [0.25, 0.3) is 0 Å². The third-order valence-corrected chi connectivity index (χ3v) is 2.62. The van der Waals surface area contributed by atoms with Gasteiger partial charge in [0.1, 0.15) is 11.3 Å². The van der Waals surface area contributed by atoms with E-state index in [9.17, 15) is 4.79 Å². The van der Waals surface area contributed by atoms with E-state index in [1.165, 1.54) is 6.07 Å². The Bertz CT molecular complexity index is 580. The third-order valence-electron chi connectivity index (χ3n) is 2.62. The summed E-state index contributed by atoms with van der Waals surface area (Å²) in [5, 5.41) is 0.835. The summed E-state index contributed by atoms with van der Waals surface area (Å²) in [5.74, 6) is 0.598.